The van der Waals surface area contributed by atoms with Gasteiger partial charge in [-0.3, -0.25) is 9.59 Å². The summed E-state index contributed by atoms with van der Waals surface area (Å²) in [6, 6.07) is 11.8. The molecule has 200 valence electrons. The molecule has 0 radical (unpaired) electrons. The van der Waals surface area contributed by atoms with Gasteiger partial charge in [0, 0.05) is 25.1 Å². The topological polar surface area (TPSA) is 104 Å². The summed E-state index contributed by atoms with van der Waals surface area (Å²) in [4.78, 5) is 41.7. The van der Waals surface area contributed by atoms with Gasteiger partial charge in [-0.15, -0.1) is 0 Å². The fraction of sp³-hybridized carbons (Fsp3) is 0.286. The van der Waals surface area contributed by atoms with Crippen LogP contribution in [0.5, 0.6) is 11.5 Å². The second-order valence-electron chi connectivity index (χ2n) is 8.44. The van der Waals surface area contributed by atoms with Crippen LogP contribution in [0.2, 0.25) is 0 Å². The van der Waals surface area contributed by atoms with E-state index < -0.39 is 47.5 Å². The number of methoxy groups -OCH3 is 1. The Balaban J connectivity index is 1.82. The monoisotopic (exact) mass is 526 g/mol. The zero-order valence-corrected chi connectivity index (χ0v) is 21.4. The molecule has 0 saturated carbocycles. The van der Waals surface area contributed by atoms with Crippen LogP contribution in [-0.2, 0) is 14.3 Å². The van der Waals surface area contributed by atoms with Crippen molar-refractivity contribution in [3.05, 3.63) is 89.2 Å². The van der Waals surface area contributed by atoms with E-state index in [1.807, 2.05) is 0 Å². The molecule has 1 N–H and O–H groups in total. The van der Waals surface area contributed by atoms with Crippen LogP contribution in [0.1, 0.15) is 54.7 Å². The molecule has 0 saturated heterocycles. The van der Waals surface area contributed by atoms with Crippen molar-refractivity contribution in [1.29, 1.82) is 0 Å². The largest absolute Gasteiger partial charge is 0.493 e. The molecule has 1 heterocycles. The third kappa shape index (κ3) is 6.90. The number of benzene rings is 2. The van der Waals surface area contributed by atoms with Gasteiger partial charge in [0.2, 0.25) is 5.75 Å². The number of hydrogen-bond donors (Lipinski definition) is 1. The smallest absolute Gasteiger partial charge is 0.328 e. The van der Waals surface area contributed by atoms with Crippen molar-refractivity contribution in [2.75, 3.05) is 7.11 Å². The highest BCUT2D eigenvalue weighted by molar-refractivity contribution is 5.98. The molecule has 2 aromatic carbocycles. The molecule has 0 fully saturated rings. The number of aromatic nitrogens is 1. The molecule has 0 aliphatic carbocycles. The third-order valence-electron chi connectivity index (χ3n) is 5.78. The van der Waals surface area contributed by atoms with E-state index in [4.69, 9.17) is 14.2 Å². The van der Waals surface area contributed by atoms with Crippen LogP contribution in [0, 0.1) is 11.6 Å². The molecule has 2 atom stereocenters. The lowest BCUT2D eigenvalue weighted by Crippen LogP contribution is -2.43. The van der Waals surface area contributed by atoms with Gasteiger partial charge in [0.15, 0.2) is 11.4 Å². The molecule has 3 rings (SSSR count). The Bertz CT molecular complexity index is 1240. The minimum absolute atomic E-state index is 0.117. The molecule has 0 bridgehead atoms. The number of pyridine rings is 1. The van der Waals surface area contributed by atoms with E-state index in [1.165, 1.54) is 50.6 Å². The molecule has 1 amide bonds. The first-order chi connectivity index (χ1) is 18.1. The van der Waals surface area contributed by atoms with Gasteiger partial charge in [0.25, 0.3) is 5.91 Å². The van der Waals surface area contributed by atoms with Crippen LogP contribution in [0.4, 0.5) is 8.78 Å². The standard InChI is InChI=1S/C28H28F2N2O6/c1-5-22(32-27(34)25-26(38-17(3)33)23(36-4)14-15-31-25)28(35)37-16(2)24(18-6-10-20(29)11-7-18)19-8-12-21(30)13-9-19/h6-16,22,24H,5H2,1-4H3,(H,32,34)/t16-,22-/m0/s1. The van der Waals surface area contributed by atoms with Crippen molar-refractivity contribution in [3.63, 3.8) is 0 Å². The van der Waals surface area contributed by atoms with E-state index in [0.717, 1.165) is 0 Å². The second kappa shape index (κ2) is 12.8. The molecule has 3 aromatic rings. The second-order valence-corrected chi connectivity index (χ2v) is 8.44. The van der Waals surface area contributed by atoms with E-state index in [0.29, 0.717) is 11.1 Å². The van der Waals surface area contributed by atoms with Crippen LogP contribution in [-0.4, -0.2) is 42.1 Å². The normalized spacial score (nSPS) is 12.4. The van der Waals surface area contributed by atoms with E-state index in [-0.39, 0.29) is 23.6 Å². The SMILES string of the molecule is CC[C@H](NC(=O)c1nccc(OC)c1OC(C)=O)C(=O)O[C@@H](C)C(c1ccc(F)cc1)c1ccc(F)cc1. The molecule has 0 aliphatic heterocycles. The molecule has 8 nitrogen and oxygen atoms in total. The quantitative estimate of drug-likeness (QED) is 0.386. The van der Waals surface area contributed by atoms with Gasteiger partial charge >= 0.3 is 11.9 Å². The number of esters is 2. The van der Waals surface area contributed by atoms with Crippen molar-refractivity contribution < 1.29 is 37.4 Å². The predicted molar refractivity (Wildman–Crippen MR) is 134 cm³/mol. The summed E-state index contributed by atoms with van der Waals surface area (Å²) in [5.41, 5.74) is 1.07. The molecular weight excluding hydrogens is 498 g/mol. The van der Waals surface area contributed by atoms with Crippen LogP contribution in [0.15, 0.2) is 60.8 Å². The Labute approximate surface area is 218 Å². The van der Waals surface area contributed by atoms with E-state index in [9.17, 15) is 23.2 Å². The molecular formula is C28H28F2N2O6. The predicted octanol–water partition coefficient (Wildman–Crippen LogP) is 4.57. The van der Waals surface area contributed by atoms with Crippen molar-refractivity contribution in [2.45, 2.75) is 45.3 Å². The Morgan fingerprint density at radius 3 is 1.97 bits per heavy atom. The number of amides is 1. The number of nitrogens with one attached hydrogen (secondary N) is 1. The van der Waals surface area contributed by atoms with Crippen LogP contribution in [0.25, 0.3) is 0 Å². The number of rotatable bonds is 10. The van der Waals surface area contributed by atoms with Crippen LogP contribution in [0.3, 0.4) is 0 Å². The number of carbonyl (C=O) groups excluding carboxylic acids is 3. The van der Waals surface area contributed by atoms with Crippen LogP contribution >= 0.6 is 0 Å². The summed E-state index contributed by atoms with van der Waals surface area (Å²) in [5, 5.41) is 2.56. The minimum Gasteiger partial charge on any atom is -0.493 e. The summed E-state index contributed by atoms with van der Waals surface area (Å²) in [7, 11) is 1.34. The van der Waals surface area contributed by atoms with E-state index in [1.54, 1.807) is 38.1 Å². The Morgan fingerprint density at radius 2 is 1.50 bits per heavy atom. The molecule has 0 unspecified atom stereocenters. The Hall–Kier alpha value is -4.34. The number of halogens is 2. The lowest BCUT2D eigenvalue weighted by atomic mass is 9.87. The minimum atomic E-state index is -1.06. The summed E-state index contributed by atoms with van der Waals surface area (Å²) >= 11 is 0. The van der Waals surface area contributed by atoms with E-state index in [2.05, 4.69) is 10.3 Å². The van der Waals surface area contributed by atoms with Gasteiger partial charge in [0.05, 0.1) is 7.11 Å². The highest BCUT2D eigenvalue weighted by atomic mass is 19.1. The summed E-state index contributed by atoms with van der Waals surface area (Å²) in [6.07, 6.45) is 0.718. The first-order valence-electron chi connectivity index (χ1n) is 11.9. The molecule has 0 spiro atoms. The maximum Gasteiger partial charge on any atom is 0.328 e. The number of nitrogens with zero attached hydrogens (tertiary/aromatic N) is 1. The summed E-state index contributed by atoms with van der Waals surface area (Å²) in [6.45, 7) is 4.51. The molecule has 1 aromatic heterocycles. The lowest BCUT2D eigenvalue weighted by molar-refractivity contribution is -0.151. The van der Waals surface area contributed by atoms with E-state index >= 15 is 0 Å². The number of ether oxygens (including phenoxy) is 3. The first kappa shape index (κ1) is 28.2. The fourth-order valence-electron chi connectivity index (χ4n) is 3.96. The fourth-order valence-corrected chi connectivity index (χ4v) is 3.96. The van der Waals surface area contributed by atoms with Gasteiger partial charge in [-0.2, -0.15) is 0 Å². The van der Waals surface area contributed by atoms with Crippen molar-refractivity contribution in [3.8, 4) is 11.5 Å². The van der Waals surface area contributed by atoms with Gasteiger partial charge in [-0.05, 0) is 48.7 Å². The van der Waals surface area contributed by atoms with Gasteiger partial charge in [-0.25, -0.2) is 18.6 Å². The van der Waals surface area contributed by atoms with Gasteiger partial charge < -0.3 is 19.5 Å². The van der Waals surface area contributed by atoms with Crippen LogP contribution < -0.4 is 14.8 Å². The van der Waals surface area contributed by atoms with Crippen molar-refractivity contribution in [1.82, 2.24) is 10.3 Å². The zero-order chi connectivity index (χ0) is 27.8. The maximum absolute atomic E-state index is 13.6. The number of carbonyl (C=O) groups is 3. The maximum atomic E-state index is 13.6. The molecule has 10 heteroatoms. The molecule has 38 heavy (non-hydrogen) atoms. The summed E-state index contributed by atoms with van der Waals surface area (Å²) < 4.78 is 43.1. The Kier molecular flexibility index (Phi) is 9.48. The molecule has 0 aliphatic rings. The van der Waals surface area contributed by atoms with Gasteiger partial charge in [0.1, 0.15) is 23.8 Å². The average Bonchev–Trinajstić information content (AvgIpc) is 2.89. The number of hydrogen-bond acceptors (Lipinski definition) is 7. The first-order valence-corrected chi connectivity index (χ1v) is 11.9. The van der Waals surface area contributed by atoms with Crippen molar-refractivity contribution in [2.24, 2.45) is 0 Å². The third-order valence-corrected chi connectivity index (χ3v) is 5.78. The summed E-state index contributed by atoms with van der Waals surface area (Å²) in [5.74, 6) is -3.63. The lowest BCUT2D eigenvalue weighted by Gasteiger charge is -2.27. The zero-order valence-electron chi connectivity index (χ0n) is 21.4. The highest BCUT2D eigenvalue weighted by Gasteiger charge is 2.30. The average molecular weight is 527 g/mol. The van der Waals surface area contributed by atoms with Crippen molar-refractivity contribution >= 4 is 17.8 Å². The van der Waals surface area contributed by atoms with Gasteiger partial charge in [-0.1, -0.05) is 31.2 Å². The Morgan fingerprint density at radius 1 is 0.947 bits per heavy atom. The highest BCUT2D eigenvalue weighted by Crippen LogP contribution is 2.31.